The number of aryl methyl sites for hydroxylation is 1. The van der Waals surface area contributed by atoms with Crippen molar-refractivity contribution in [3.05, 3.63) is 24.2 Å². The normalized spacial score (nSPS) is 31.2. The first-order chi connectivity index (χ1) is 9.59. The summed E-state index contributed by atoms with van der Waals surface area (Å²) in [6.07, 6.45) is 5.01. The van der Waals surface area contributed by atoms with Crippen LogP contribution in [0.25, 0.3) is 0 Å². The van der Waals surface area contributed by atoms with Crippen molar-refractivity contribution in [3.8, 4) is 0 Å². The lowest BCUT2D eigenvalue weighted by atomic mass is 9.57. The molecular weight excluding hydrogens is 256 g/mol. The van der Waals surface area contributed by atoms with Crippen LogP contribution in [0.1, 0.15) is 38.9 Å². The summed E-state index contributed by atoms with van der Waals surface area (Å²) in [4.78, 5) is 12.0. The van der Waals surface area contributed by atoms with Crippen LogP contribution in [0, 0.1) is 11.3 Å². The van der Waals surface area contributed by atoms with Crippen LogP contribution in [-0.4, -0.2) is 24.8 Å². The maximum absolute atomic E-state index is 12.0. The molecule has 0 aromatic carbocycles. The van der Waals surface area contributed by atoms with Gasteiger partial charge in [-0.05, 0) is 25.0 Å². The first kappa shape index (κ1) is 13.7. The lowest BCUT2D eigenvalue weighted by molar-refractivity contribution is -0.254. The molecule has 0 amide bonds. The number of ether oxygens (including phenoxy) is 2. The van der Waals surface area contributed by atoms with Crippen molar-refractivity contribution in [2.75, 3.05) is 6.61 Å². The molecule has 20 heavy (non-hydrogen) atoms. The van der Waals surface area contributed by atoms with Crippen LogP contribution in [0.15, 0.2) is 22.8 Å². The van der Waals surface area contributed by atoms with Gasteiger partial charge in [0.15, 0.2) is 0 Å². The standard InChI is InChI=1S/C16H22O4/c1-16(2)14-12(6-4-10-19-14)15(16)20-13(17)8-7-11-5-3-9-18-11/h3,5,9,12,14-15H,4,6-8,10H2,1-2H3/t12-,14+,15+/m0/s1. The molecule has 1 saturated heterocycles. The third-order valence-corrected chi connectivity index (χ3v) is 4.64. The molecule has 0 radical (unpaired) electrons. The van der Waals surface area contributed by atoms with E-state index in [0.717, 1.165) is 25.2 Å². The third-order valence-electron chi connectivity index (χ3n) is 4.64. The second-order valence-electron chi connectivity index (χ2n) is 6.41. The molecule has 4 nitrogen and oxygen atoms in total. The quantitative estimate of drug-likeness (QED) is 0.794. The van der Waals surface area contributed by atoms with Gasteiger partial charge in [0.05, 0.1) is 18.8 Å². The Morgan fingerprint density at radius 2 is 2.35 bits per heavy atom. The molecular formula is C16H22O4. The Morgan fingerprint density at radius 1 is 1.50 bits per heavy atom. The van der Waals surface area contributed by atoms with Crippen LogP contribution in [-0.2, 0) is 20.7 Å². The average molecular weight is 278 g/mol. The summed E-state index contributed by atoms with van der Waals surface area (Å²) in [6.45, 7) is 5.09. The minimum absolute atomic E-state index is 0.00287. The van der Waals surface area contributed by atoms with Gasteiger partial charge in [-0.2, -0.15) is 0 Å². The molecule has 1 saturated carbocycles. The molecule has 2 heterocycles. The molecule has 1 aromatic rings. The summed E-state index contributed by atoms with van der Waals surface area (Å²) in [5, 5.41) is 0. The Balaban J connectivity index is 1.53. The van der Waals surface area contributed by atoms with Crippen molar-refractivity contribution >= 4 is 5.97 Å². The molecule has 0 unspecified atom stereocenters. The van der Waals surface area contributed by atoms with Crippen molar-refractivity contribution in [2.45, 2.75) is 51.7 Å². The third kappa shape index (κ3) is 2.37. The van der Waals surface area contributed by atoms with E-state index in [1.807, 2.05) is 12.1 Å². The van der Waals surface area contributed by atoms with Gasteiger partial charge >= 0.3 is 5.97 Å². The Bertz CT molecular complexity index is 463. The van der Waals surface area contributed by atoms with Gasteiger partial charge in [0.1, 0.15) is 11.9 Å². The second-order valence-corrected chi connectivity index (χ2v) is 6.41. The van der Waals surface area contributed by atoms with Crippen LogP contribution in [0.4, 0.5) is 0 Å². The van der Waals surface area contributed by atoms with Crippen LogP contribution in [0.5, 0.6) is 0 Å². The van der Waals surface area contributed by atoms with Crippen LogP contribution in [0.2, 0.25) is 0 Å². The minimum Gasteiger partial charge on any atom is -0.469 e. The van der Waals surface area contributed by atoms with E-state index in [0.29, 0.717) is 18.8 Å². The fourth-order valence-corrected chi connectivity index (χ4v) is 3.60. The Hall–Kier alpha value is -1.29. The van der Waals surface area contributed by atoms with Gasteiger partial charge in [0, 0.05) is 24.4 Å². The minimum atomic E-state index is -0.136. The van der Waals surface area contributed by atoms with Gasteiger partial charge in [0.25, 0.3) is 0 Å². The van der Waals surface area contributed by atoms with Gasteiger partial charge in [-0.1, -0.05) is 13.8 Å². The number of furan rings is 1. The average Bonchev–Trinajstić information content (AvgIpc) is 2.96. The number of hydrogen-bond donors (Lipinski definition) is 0. The zero-order chi connectivity index (χ0) is 14.2. The number of esters is 1. The van der Waals surface area contributed by atoms with Gasteiger partial charge in [-0.15, -0.1) is 0 Å². The summed E-state index contributed by atoms with van der Waals surface area (Å²) in [7, 11) is 0. The van der Waals surface area contributed by atoms with E-state index in [-0.39, 0.29) is 23.6 Å². The lowest BCUT2D eigenvalue weighted by Gasteiger charge is -2.58. The predicted molar refractivity (Wildman–Crippen MR) is 73.2 cm³/mol. The van der Waals surface area contributed by atoms with E-state index in [9.17, 15) is 4.79 Å². The van der Waals surface area contributed by atoms with Gasteiger partial charge in [0.2, 0.25) is 0 Å². The van der Waals surface area contributed by atoms with Crippen molar-refractivity contribution in [2.24, 2.45) is 11.3 Å². The largest absolute Gasteiger partial charge is 0.469 e. The summed E-state index contributed by atoms with van der Waals surface area (Å²) in [5.41, 5.74) is -0.0641. The Morgan fingerprint density at radius 3 is 3.10 bits per heavy atom. The van der Waals surface area contributed by atoms with Crippen molar-refractivity contribution < 1.29 is 18.7 Å². The molecule has 1 aromatic heterocycles. The number of rotatable bonds is 4. The van der Waals surface area contributed by atoms with Crippen LogP contribution < -0.4 is 0 Å². The smallest absolute Gasteiger partial charge is 0.306 e. The van der Waals surface area contributed by atoms with Crippen molar-refractivity contribution in [1.29, 1.82) is 0 Å². The summed E-state index contributed by atoms with van der Waals surface area (Å²) in [5.74, 6) is 1.07. The van der Waals surface area contributed by atoms with E-state index in [2.05, 4.69) is 13.8 Å². The molecule has 1 aliphatic heterocycles. The van der Waals surface area contributed by atoms with Crippen LogP contribution in [0.3, 0.4) is 0 Å². The highest BCUT2D eigenvalue weighted by molar-refractivity contribution is 5.70. The highest BCUT2D eigenvalue weighted by Crippen LogP contribution is 2.52. The molecule has 3 atom stereocenters. The van der Waals surface area contributed by atoms with E-state index in [1.165, 1.54) is 0 Å². The SMILES string of the molecule is CC1(C)[C@@H]2OCCC[C@@H]2[C@H]1OC(=O)CCc1ccco1. The van der Waals surface area contributed by atoms with Gasteiger partial charge in [-0.25, -0.2) is 0 Å². The van der Waals surface area contributed by atoms with E-state index < -0.39 is 0 Å². The van der Waals surface area contributed by atoms with E-state index >= 15 is 0 Å². The molecule has 1 aliphatic carbocycles. The zero-order valence-corrected chi connectivity index (χ0v) is 12.1. The molecule has 4 heteroatoms. The van der Waals surface area contributed by atoms with Crippen molar-refractivity contribution in [1.82, 2.24) is 0 Å². The molecule has 2 aliphatic rings. The van der Waals surface area contributed by atoms with E-state index in [4.69, 9.17) is 13.9 Å². The molecule has 0 spiro atoms. The molecule has 2 fully saturated rings. The molecule has 110 valence electrons. The molecule has 0 N–H and O–H groups in total. The van der Waals surface area contributed by atoms with Crippen LogP contribution >= 0.6 is 0 Å². The first-order valence-corrected chi connectivity index (χ1v) is 7.42. The predicted octanol–water partition coefficient (Wildman–Crippen LogP) is 2.96. The summed E-state index contributed by atoms with van der Waals surface area (Å²) >= 11 is 0. The zero-order valence-electron chi connectivity index (χ0n) is 12.1. The van der Waals surface area contributed by atoms with E-state index in [1.54, 1.807) is 6.26 Å². The summed E-state index contributed by atoms with van der Waals surface area (Å²) < 4.78 is 16.8. The second kappa shape index (κ2) is 5.24. The highest BCUT2D eigenvalue weighted by Gasteiger charge is 2.60. The number of carbonyl (C=O) groups is 1. The number of carbonyl (C=O) groups excluding carboxylic acids is 1. The Labute approximate surface area is 119 Å². The maximum atomic E-state index is 12.0. The lowest BCUT2D eigenvalue weighted by Crippen LogP contribution is -2.65. The highest BCUT2D eigenvalue weighted by atomic mass is 16.6. The monoisotopic (exact) mass is 278 g/mol. The number of hydrogen-bond acceptors (Lipinski definition) is 4. The summed E-state index contributed by atoms with van der Waals surface area (Å²) in [6, 6.07) is 3.71. The van der Waals surface area contributed by atoms with Gasteiger partial charge < -0.3 is 13.9 Å². The Kier molecular flexibility index (Phi) is 3.59. The molecule has 0 bridgehead atoms. The molecule has 3 rings (SSSR count). The fourth-order valence-electron chi connectivity index (χ4n) is 3.60. The fraction of sp³-hybridized carbons (Fsp3) is 0.688. The van der Waals surface area contributed by atoms with Gasteiger partial charge in [-0.3, -0.25) is 4.79 Å². The van der Waals surface area contributed by atoms with Crippen molar-refractivity contribution in [3.63, 3.8) is 0 Å². The number of fused-ring (bicyclic) bond motifs is 1. The maximum Gasteiger partial charge on any atom is 0.306 e. The first-order valence-electron chi connectivity index (χ1n) is 7.42. The topological polar surface area (TPSA) is 48.7 Å².